The second-order valence-electron chi connectivity index (χ2n) is 6.22. The third-order valence-electron chi connectivity index (χ3n) is 3.74. The van der Waals surface area contributed by atoms with E-state index in [1.165, 1.54) is 18.2 Å². The number of nitrogens with zero attached hydrogens (tertiary/aromatic N) is 1. The van der Waals surface area contributed by atoms with E-state index in [0.29, 0.717) is 17.6 Å². The molecule has 0 aromatic heterocycles. The Kier molecular flexibility index (Phi) is 4.83. The number of rotatable bonds is 6. The Morgan fingerprint density at radius 3 is 2.62 bits per heavy atom. The molecule has 1 aromatic carbocycles. The second kappa shape index (κ2) is 6.43. The molecule has 5 heteroatoms. The van der Waals surface area contributed by atoms with Gasteiger partial charge in [0.1, 0.15) is 5.82 Å². The zero-order chi connectivity index (χ0) is 15.6. The largest absolute Gasteiger partial charge is 0.397 e. The van der Waals surface area contributed by atoms with Gasteiger partial charge in [-0.15, -0.1) is 0 Å². The zero-order valence-corrected chi connectivity index (χ0v) is 12.9. The fraction of sp³-hybridized carbons (Fsp3) is 0.562. The van der Waals surface area contributed by atoms with E-state index < -0.39 is 5.82 Å². The Balaban J connectivity index is 2.03. The van der Waals surface area contributed by atoms with Crippen molar-refractivity contribution in [1.82, 2.24) is 4.90 Å². The maximum atomic E-state index is 13.0. The van der Waals surface area contributed by atoms with Crippen LogP contribution in [-0.4, -0.2) is 29.4 Å². The Labute approximate surface area is 125 Å². The van der Waals surface area contributed by atoms with Crippen molar-refractivity contribution in [2.24, 2.45) is 5.92 Å². The first-order chi connectivity index (χ1) is 9.88. The summed E-state index contributed by atoms with van der Waals surface area (Å²) in [7, 11) is 0. The predicted octanol–water partition coefficient (Wildman–Crippen LogP) is 2.86. The molecule has 1 atom stereocenters. The minimum atomic E-state index is -0.405. The number of anilines is 2. The van der Waals surface area contributed by atoms with Gasteiger partial charge in [-0.1, -0.05) is 13.8 Å². The van der Waals surface area contributed by atoms with Gasteiger partial charge in [0.15, 0.2) is 0 Å². The van der Waals surface area contributed by atoms with E-state index in [2.05, 4.69) is 24.1 Å². The van der Waals surface area contributed by atoms with Crippen LogP contribution in [-0.2, 0) is 4.79 Å². The number of carbonyl (C=O) groups excluding carboxylic acids is 1. The summed E-state index contributed by atoms with van der Waals surface area (Å²) < 4.78 is 13.0. The van der Waals surface area contributed by atoms with E-state index in [0.717, 1.165) is 19.4 Å². The van der Waals surface area contributed by atoms with Gasteiger partial charge in [0.2, 0.25) is 5.91 Å². The minimum Gasteiger partial charge on any atom is -0.397 e. The highest BCUT2D eigenvalue weighted by Crippen LogP contribution is 2.30. The molecule has 1 aliphatic carbocycles. The highest BCUT2D eigenvalue weighted by Gasteiger charge is 2.35. The number of benzene rings is 1. The summed E-state index contributed by atoms with van der Waals surface area (Å²) >= 11 is 0. The smallest absolute Gasteiger partial charge is 0.241 e. The number of carbonyl (C=O) groups is 1. The molecule has 0 aliphatic heterocycles. The predicted molar refractivity (Wildman–Crippen MR) is 83.5 cm³/mol. The Morgan fingerprint density at radius 2 is 2.10 bits per heavy atom. The van der Waals surface area contributed by atoms with Crippen LogP contribution in [0.25, 0.3) is 0 Å². The summed E-state index contributed by atoms with van der Waals surface area (Å²) in [5, 5.41) is 2.80. The van der Waals surface area contributed by atoms with Crippen molar-refractivity contribution >= 4 is 17.3 Å². The van der Waals surface area contributed by atoms with Crippen LogP contribution >= 0.6 is 0 Å². The average Bonchev–Trinajstić information content (AvgIpc) is 3.22. The van der Waals surface area contributed by atoms with Crippen LogP contribution in [0.2, 0.25) is 0 Å². The standard InChI is InChI=1S/C16H24FN3O/c1-10(2)9-20(13-5-6-13)11(3)16(21)19-15-7-4-12(17)8-14(15)18/h4,7-8,10-11,13H,5-6,9,18H2,1-3H3,(H,19,21). The van der Waals surface area contributed by atoms with Crippen molar-refractivity contribution in [3.63, 3.8) is 0 Å². The van der Waals surface area contributed by atoms with Crippen molar-refractivity contribution in [1.29, 1.82) is 0 Å². The van der Waals surface area contributed by atoms with Crippen LogP contribution in [0.1, 0.15) is 33.6 Å². The highest BCUT2D eigenvalue weighted by molar-refractivity contribution is 5.97. The molecule has 1 aliphatic rings. The van der Waals surface area contributed by atoms with Gasteiger partial charge >= 0.3 is 0 Å². The maximum absolute atomic E-state index is 13.0. The number of nitrogens with one attached hydrogen (secondary N) is 1. The van der Waals surface area contributed by atoms with Crippen LogP contribution in [0.5, 0.6) is 0 Å². The van der Waals surface area contributed by atoms with Crippen LogP contribution in [0.3, 0.4) is 0 Å². The molecular formula is C16H24FN3O. The van der Waals surface area contributed by atoms with Gasteiger partial charge in [0.25, 0.3) is 0 Å². The number of halogens is 1. The van der Waals surface area contributed by atoms with E-state index >= 15 is 0 Å². The highest BCUT2D eigenvalue weighted by atomic mass is 19.1. The molecule has 1 saturated carbocycles. The quantitative estimate of drug-likeness (QED) is 0.793. The van der Waals surface area contributed by atoms with Gasteiger partial charge in [-0.2, -0.15) is 0 Å². The number of nitrogens with two attached hydrogens (primary N) is 1. The molecule has 4 nitrogen and oxygen atoms in total. The van der Waals surface area contributed by atoms with Crippen molar-refractivity contribution in [3.05, 3.63) is 24.0 Å². The molecule has 1 fully saturated rings. The van der Waals surface area contributed by atoms with Crippen molar-refractivity contribution in [3.8, 4) is 0 Å². The summed E-state index contributed by atoms with van der Waals surface area (Å²) in [5.74, 6) is 0.00978. The molecule has 2 rings (SSSR count). The molecular weight excluding hydrogens is 269 g/mol. The van der Waals surface area contributed by atoms with Gasteiger partial charge < -0.3 is 11.1 Å². The van der Waals surface area contributed by atoms with E-state index in [1.54, 1.807) is 0 Å². The van der Waals surface area contributed by atoms with Crippen LogP contribution in [0, 0.1) is 11.7 Å². The molecule has 0 spiro atoms. The van der Waals surface area contributed by atoms with Gasteiger partial charge in [-0.25, -0.2) is 4.39 Å². The van der Waals surface area contributed by atoms with E-state index in [1.807, 2.05) is 6.92 Å². The molecule has 1 unspecified atom stereocenters. The van der Waals surface area contributed by atoms with Crippen molar-refractivity contribution < 1.29 is 9.18 Å². The van der Waals surface area contributed by atoms with E-state index in [4.69, 9.17) is 5.73 Å². The van der Waals surface area contributed by atoms with Gasteiger partial charge in [0.05, 0.1) is 17.4 Å². The third kappa shape index (κ3) is 4.17. The minimum absolute atomic E-state index is 0.0964. The topological polar surface area (TPSA) is 58.4 Å². The summed E-state index contributed by atoms with van der Waals surface area (Å²) in [6.07, 6.45) is 2.31. The number of hydrogen-bond donors (Lipinski definition) is 2. The normalized spacial score (nSPS) is 16.3. The van der Waals surface area contributed by atoms with Gasteiger partial charge in [0, 0.05) is 12.6 Å². The fourth-order valence-corrected chi connectivity index (χ4v) is 2.49. The first kappa shape index (κ1) is 15.8. The SMILES string of the molecule is CC(C)CN(C1CC1)C(C)C(=O)Nc1ccc(F)cc1N. The van der Waals surface area contributed by atoms with Gasteiger partial charge in [-0.05, 0) is 43.9 Å². The number of nitrogen functional groups attached to an aromatic ring is 1. The molecule has 3 N–H and O–H groups in total. The fourth-order valence-electron chi connectivity index (χ4n) is 2.49. The molecule has 21 heavy (non-hydrogen) atoms. The lowest BCUT2D eigenvalue weighted by atomic mass is 10.1. The lowest BCUT2D eigenvalue weighted by Gasteiger charge is -2.29. The number of amides is 1. The van der Waals surface area contributed by atoms with Crippen LogP contribution in [0.4, 0.5) is 15.8 Å². The Hall–Kier alpha value is -1.62. The molecule has 0 bridgehead atoms. The Morgan fingerprint density at radius 1 is 1.43 bits per heavy atom. The van der Waals surface area contributed by atoms with Crippen LogP contribution < -0.4 is 11.1 Å². The average molecular weight is 293 g/mol. The molecule has 0 heterocycles. The summed E-state index contributed by atoms with van der Waals surface area (Å²) in [4.78, 5) is 14.7. The molecule has 1 amide bonds. The molecule has 1 aromatic rings. The third-order valence-corrected chi connectivity index (χ3v) is 3.74. The second-order valence-corrected chi connectivity index (χ2v) is 6.22. The van der Waals surface area contributed by atoms with Crippen LogP contribution in [0.15, 0.2) is 18.2 Å². The first-order valence-corrected chi connectivity index (χ1v) is 7.50. The van der Waals surface area contributed by atoms with Crippen molar-refractivity contribution in [2.45, 2.75) is 45.7 Å². The molecule has 116 valence electrons. The van der Waals surface area contributed by atoms with Crippen molar-refractivity contribution in [2.75, 3.05) is 17.6 Å². The zero-order valence-electron chi connectivity index (χ0n) is 12.9. The van der Waals surface area contributed by atoms with Gasteiger partial charge in [-0.3, -0.25) is 9.69 Å². The summed E-state index contributed by atoms with van der Waals surface area (Å²) in [5.41, 5.74) is 6.44. The summed E-state index contributed by atoms with van der Waals surface area (Å²) in [6, 6.07) is 4.30. The molecule has 0 radical (unpaired) electrons. The van der Waals surface area contributed by atoms with E-state index in [-0.39, 0.29) is 17.6 Å². The maximum Gasteiger partial charge on any atom is 0.241 e. The lowest BCUT2D eigenvalue weighted by molar-refractivity contribution is -0.121. The molecule has 0 saturated heterocycles. The first-order valence-electron chi connectivity index (χ1n) is 7.50. The summed E-state index contributed by atoms with van der Waals surface area (Å²) in [6.45, 7) is 7.11. The van der Waals surface area contributed by atoms with E-state index in [9.17, 15) is 9.18 Å². The Bertz CT molecular complexity index is 514. The lowest BCUT2D eigenvalue weighted by Crippen LogP contribution is -2.45. The number of hydrogen-bond acceptors (Lipinski definition) is 3. The monoisotopic (exact) mass is 293 g/mol.